The summed E-state index contributed by atoms with van der Waals surface area (Å²) in [7, 11) is -3.59. The number of halogens is 2. The van der Waals surface area contributed by atoms with Crippen molar-refractivity contribution in [2.24, 2.45) is 0 Å². The van der Waals surface area contributed by atoms with E-state index in [2.05, 4.69) is 5.32 Å². The summed E-state index contributed by atoms with van der Waals surface area (Å²) in [5, 5.41) is 3.78. The highest BCUT2D eigenvalue weighted by Gasteiger charge is 2.32. The SMILES string of the molecule is CCc1ccc(N(CCCC(=O)N(Cc2ccc(Cl)c(Cl)c2)[C@H](Cc2ccccc2)C(=O)NC(C)(C)C)S(C)(=O)=O)cc1. The Labute approximate surface area is 266 Å². The van der Waals surface area contributed by atoms with Crippen molar-refractivity contribution in [1.29, 1.82) is 0 Å². The second kappa shape index (κ2) is 15.1. The summed E-state index contributed by atoms with van der Waals surface area (Å²) in [6, 6.07) is 21.2. The van der Waals surface area contributed by atoms with Gasteiger partial charge in [0.2, 0.25) is 21.8 Å². The van der Waals surface area contributed by atoms with Gasteiger partial charge in [0.1, 0.15) is 6.04 Å². The lowest BCUT2D eigenvalue weighted by Gasteiger charge is -2.34. The molecule has 1 N–H and O–H groups in total. The molecule has 0 unspecified atom stereocenters. The van der Waals surface area contributed by atoms with Crippen LogP contribution in [0.1, 0.15) is 57.2 Å². The Hall–Kier alpha value is -3.07. The molecular weight excluding hydrogens is 605 g/mol. The number of carbonyl (C=O) groups is 2. The van der Waals surface area contributed by atoms with Gasteiger partial charge in [0.05, 0.1) is 22.0 Å². The van der Waals surface area contributed by atoms with Crippen LogP contribution in [0.25, 0.3) is 0 Å². The van der Waals surface area contributed by atoms with E-state index in [1.807, 2.05) is 70.2 Å². The molecule has 3 aromatic rings. The summed E-state index contributed by atoms with van der Waals surface area (Å²) in [6.45, 7) is 7.95. The number of hydrogen-bond donors (Lipinski definition) is 1. The number of anilines is 1. The molecule has 0 heterocycles. The molecule has 2 amide bonds. The average Bonchev–Trinajstić information content (AvgIpc) is 2.94. The Balaban J connectivity index is 1.91. The summed E-state index contributed by atoms with van der Waals surface area (Å²) in [6.07, 6.45) is 2.60. The molecule has 0 aliphatic heterocycles. The van der Waals surface area contributed by atoms with Crippen LogP contribution in [0.5, 0.6) is 0 Å². The number of hydrogen-bond acceptors (Lipinski definition) is 4. The summed E-state index contributed by atoms with van der Waals surface area (Å²) in [4.78, 5) is 29.3. The molecule has 10 heteroatoms. The van der Waals surface area contributed by atoms with Gasteiger partial charge >= 0.3 is 0 Å². The van der Waals surface area contributed by atoms with Crippen molar-refractivity contribution in [3.63, 3.8) is 0 Å². The first-order chi connectivity index (χ1) is 20.2. The van der Waals surface area contributed by atoms with E-state index in [9.17, 15) is 18.0 Å². The number of carbonyl (C=O) groups excluding carboxylic acids is 2. The van der Waals surface area contributed by atoms with Gasteiger partial charge in [0.25, 0.3) is 0 Å². The summed E-state index contributed by atoms with van der Waals surface area (Å²) in [5.74, 6) is -0.551. The summed E-state index contributed by atoms with van der Waals surface area (Å²) < 4.78 is 26.7. The lowest BCUT2D eigenvalue weighted by Crippen LogP contribution is -2.54. The quantitative estimate of drug-likeness (QED) is 0.225. The van der Waals surface area contributed by atoms with Crippen LogP contribution in [-0.4, -0.2) is 49.5 Å². The fraction of sp³-hybridized carbons (Fsp3) is 0.394. The number of aryl methyl sites for hydroxylation is 1. The highest BCUT2D eigenvalue weighted by atomic mass is 35.5. The Bertz CT molecular complexity index is 1490. The van der Waals surface area contributed by atoms with Crippen LogP contribution >= 0.6 is 23.2 Å². The zero-order chi connectivity index (χ0) is 31.8. The molecule has 0 saturated carbocycles. The molecule has 0 bridgehead atoms. The number of nitrogens with one attached hydrogen (secondary N) is 1. The molecular formula is C33H41Cl2N3O4S. The summed E-state index contributed by atoms with van der Waals surface area (Å²) >= 11 is 12.4. The van der Waals surface area contributed by atoms with E-state index in [0.29, 0.717) is 22.2 Å². The van der Waals surface area contributed by atoms with Gasteiger partial charge in [-0.15, -0.1) is 0 Å². The third-order valence-electron chi connectivity index (χ3n) is 6.89. The number of nitrogens with zero attached hydrogens (tertiary/aromatic N) is 2. The molecule has 3 rings (SSSR count). The fourth-order valence-corrected chi connectivity index (χ4v) is 6.03. The summed E-state index contributed by atoms with van der Waals surface area (Å²) in [5.41, 5.74) is 2.75. The van der Waals surface area contributed by atoms with E-state index in [4.69, 9.17) is 23.2 Å². The molecule has 0 aliphatic rings. The van der Waals surface area contributed by atoms with Gasteiger partial charge in [-0.1, -0.05) is 78.7 Å². The van der Waals surface area contributed by atoms with E-state index >= 15 is 0 Å². The predicted molar refractivity (Wildman–Crippen MR) is 176 cm³/mol. The minimum absolute atomic E-state index is 0.0362. The van der Waals surface area contributed by atoms with E-state index < -0.39 is 21.6 Å². The van der Waals surface area contributed by atoms with Gasteiger partial charge in [-0.25, -0.2) is 8.42 Å². The van der Waals surface area contributed by atoms with E-state index in [1.54, 1.807) is 35.2 Å². The van der Waals surface area contributed by atoms with Gasteiger partial charge in [0, 0.05) is 31.5 Å². The molecule has 0 saturated heterocycles. The minimum Gasteiger partial charge on any atom is -0.350 e. The molecule has 232 valence electrons. The first kappa shape index (κ1) is 34.4. The largest absolute Gasteiger partial charge is 0.350 e. The fourth-order valence-electron chi connectivity index (χ4n) is 4.74. The van der Waals surface area contributed by atoms with Gasteiger partial charge in [-0.05, 0) is 74.6 Å². The maximum Gasteiger partial charge on any atom is 0.243 e. The molecule has 3 aromatic carbocycles. The normalized spacial score (nSPS) is 12.4. The second-order valence-corrected chi connectivity index (χ2v) is 14.4. The van der Waals surface area contributed by atoms with Crippen LogP contribution in [-0.2, 0) is 39.0 Å². The van der Waals surface area contributed by atoms with Crippen LogP contribution in [0.2, 0.25) is 10.0 Å². The van der Waals surface area contributed by atoms with Crippen molar-refractivity contribution in [3.8, 4) is 0 Å². The lowest BCUT2D eigenvalue weighted by molar-refractivity contribution is -0.142. The van der Waals surface area contributed by atoms with Crippen molar-refractivity contribution in [3.05, 3.63) is 99.5 Å². The molecule has 0 aliphatic carbocycles. The van der Waals surface area contributed by atoms with Crippen molar-refractivity contribution in [2.45, 2.75) is 71.5 Å². The van der Waals surface area contributed by atoms with Crippen LogP contribution in [0.3, 0.4) is 0 Å². The Kier molecular flexibility index (Phi) is 12.1. The zero-order valence-corrected chi connectivity index (χ0v) is 27.8. The van der Waals surface area contributed by atoms with Gasteiger partial charge in [0.15, 0.2) is 0 Å². The number of sulfonamides is 1. The predicted octanol–water partition coefficient (Wildman–Crippen LogP) is 6.66. The van der Waals surface area contributed by atoms with E-state index in [-0.39, 0.29) is 37.7 Å². The third kappa shape index (κ3) is 10.6. The lowest BCUT2D eigenvalue weighted by atomic mass is 10.00. The van der Waals surface area contributed by atoms with Crippen molar-refractivity contribution < 1.29 is 18.0 Å². The van der Waals surface area contributed by atoms with E-state index in [1.165, 1.54) is 4.31 Å². The van der Waals surface area contributed by atoms with Crippen molar-refractivity contribution in [1.82, 2.24) is 10.2 Å². The Morgan fingerprint density at radius 3 is 2.07 bits per heavy atom. The molecule has 0 fully saturated rings. The Morgan fingerprint density at radius 1 is 0.884 bits per heavy atom. The molecule has 0 aromatic heterocycles. The number of amides is 2. The first-order valence-corrected chi connectivity index (χ1v) is 16.9. The molecule has 7 nitrogen and oxygen atoms in total. The van der Waals surface area contributed by atoms with Crippen LogP contribution in [0.4, 0.5) is 5.69 Å². The molecule has 0 spiro atoms. The van der Waals surface area contributed by atoms with Crippen LogP contribution in [0.15, 0.2) is 72.8 Å². The first-order valence-electron chi connectivity index (χ1n) is 14.3. The van der Waals surface area contributed by atoms with Gasteiger partial charge in [-0.3, -0.25) is 13.9 Å². The highest BCUT2D eigenvalue weighted by molar-refractivity contribution is 7.92. The molecule has 0 radical (unpaired) electrons. The smallest absolute Gasteiger partial charge is 0.243 e. The monoisotopic (exact) mass is 645 g/mol. The average molecular weight is 647 g/mol. The highest BCUT2D eigenvalue weighted by Crippen LogP contribution is 2.25. The van der Waals surface area contributed by atoms with Gasteiger partial charge < -0.3 is 10.2 Å². The van der Waals surface area contributed by atoms with Gasteiger partial charge in [-0.2, -0.15) is 0 Å². The van der Waals surface area contributed by atoms with Crippen molar-refractivity contribution in [2.75, 3.05) is 17.1 Å². The third-order valence-corrected chi connectivity index (χ3v) is 8.82. The maximum atomic E-state index is 14.0. The zero-order valence-electron chi connectivity index (χ0n) is 25.4. The standard InChI is InChI=1S/C33H41Cl2N3O4S/c1-6-24-14-17-27(18-15-24)38(43(5,41)42)20-10-13-31(39)37(23-26-16-19-28(34)29(35)21-26)30(32(40)36-33(2,3)4)22-25-11-8-7-9-12-25/h7-9,11-12,14-19,21,30H,6,10,13,20,22-23H2,1-5H3,(H,36,40)/t30-/m1/s1. The molecule has 43 heavy (non-hydrogen) atoms. The maximum absolute atomic E-state index is 14.0. The minimum atomic E-state index is -3.59. The Morgan fingerprint density at radius 2 is 1.51 bits per heavy atom. The van der Waals surface area contributed by atoms with E-state index in [0.717, 1.165) is 29.4 Å². The topological polar surface area (TPSA) is 86.8 Å². The number of rotatable bonds is 13. The molecule has 1 atom stereocenters. The number of benzene rings is 3. The second-order valence-electron chi connectivity index (χ2n) is 11.7. The van der Waals surface area contributed by atoms with Crippen molar-refractivity contribution >= 4 is 50.7 Å². The van der Waals surface area contributed by atoms with Crippen LogP contribution in [0, 0.1) is 0 Å². The van der Waals surface area contributed by atoms with Crippen LogP contribution < -0.4 is 9.62 Å².